The molecule has 0 unspecified atom stereocenters. The summed E-state index contributed by atoms with van der Waals surface area (Å²) in [5.41, 5.74) is 4.54. The van der Waals surface area contributed by atoms with E-state index in [-0.39, 0.29) is 24.4 Å². The number of hydrogen-bond donors (Lipinski definition) is 2. The number of aromatic hydroxyl groups is 1. The number of ether oxygens (including phenoxy) is 1. The first kappa shape index (κ1) is 17.1. The number of rotatable bonds is 4. The maximum Gasteiger partial charge on any atom is 0.313 e. The van der Waals surface area contributed by atoms with E-state index in [0.717, 1.165) is 13.2 Å². The SMILES string of the molecule is COC(=O)C[C@@H](N)c1cc(F)cc([N+](=O)[O-])c1O.Cl. The molecule has 0 saturated heterocycles. The summed E-state index contributed by atoms with van der Waals surface area (Å²) in [6.07, 6.45) is -0.329. The molecule has 0 bridgehead atoms. The second kappa shape index (κ2) is 6.86. The van der Waals surface area contributed by atoms with Gasteiger partial charge in [-0.05, 0) is 6.07 Å². The molecule has 1 atom stereocenters. The number of phenols is 1. The number of nitro benzene ring substituents is 1. The largest absolute Gasteiger partial charge is 0.502 e. The number of esters is 1. The van der Waals surface area contributed by atoms with E-state index in [0.29, 0.717) is 6.07 Å². The van der Waals surface area contributed by atoms with Gasteiger partial charge in [-0.25, -0.2) is 4.39 Å². The number of nitrogens with two attached hydrogens (primary N) is 1. The van der Waals surface area contributed by atoms with Gasteiger partial charge in [0, 0.05) is 11.6 Å². The summed E-state index contributed by atoms with van der Waals surface area (Å²) in [5, 5.41) is 20.2. The van der Waals surface area contributed by atoms with Crippen LogP contribution in [0.2, 0.25) is 0 Å². The van der Waals surface area contributed by atoms with Crippen LogP contribution in [-0.2, 0) is 9.53 Å². The van der Waals surface area contributed by atoms with E-state index in [1.165, 1.54) is 0 Å². The number of methoxy groups -OCH3 is 1. The number of halogens is 2. The van der Waals surface area contributed by atoms with Gasteiger partial charge < -0.3 is 15.6 Å². The number of carbonyl (C=O) groups is 1. The third-order valence-corrected chi connectivity index (χ3v) is 2.29. The monoisotopic (exact) mass is 294 g/mol. The molecule has 0 amide bonds. The number of phenolic OH excluding ortho intramolecular Hbond substituents is 1. The van der Waals surface area contributed by atoms with Crippen molar-refractivity contribution in [2.24, 2.45) is 5.73 Å². The Kier molecular flexibility index (Phi) is 6.16. The number of nitro groups is 1. The zero-order valence-corrected chi connectivity index (χ0v) is 10.6. The van der Waals surface area contributed by atoms with Gasteiger partial charge in [0.05, 0.1) is 24.5 Å². The average molecular weight is 295 g/mol. The predicted molar refractivity (Wildman–Crippen MR) is 65.5 cm³/mol. The predicted octanol–water partition coefficient (Wildman–Crippen LogP) is 1.42. The van der Waals surface area contributed by atoms with Crippen molar-refractivity contribution in [3.63, 3.8) is 0 Å². The zero-order chi connectivity index (χ0) is 13.9. The van der Waals surface area contributed by atoms with Gasteiger partial charge in [0.25, 0.3) is 0 Å². The van der Waals surface area contributed by atoms with E-state index in [9.17, 15) is 24.4 Å². The fourth-order valence-electron chi connectivity index (χ4n) is 1.40. The van der Waals surface area contributed by atoms with E-state index < -0.39 is 34.2 Å². The minimum absolute atomic E-state index is 0. The van der Waals surface area contributed by atoms with Gasteiger partial charge in [-0.2, -0.15) is 0 Å². The molecule has 0 aliphatic carbocycles. The van der Waals surface area contributed by atoms with Crippen molar-refractivity contribution in [1.82, 2.24) is 0 Å². The quantitative estimate of drug-likeness (QED) is 0.493. The summed E-state index contributed by atoms with van der Waals surface area (Å²) < 4.78 is 17.5. The highest BCUT2D eigenvalue weighted by Gasteiger charge is 2.24. The summed E-state index contributed by atoms with van der Waals surface area (Å²) in [4.78, 5) is 20.6. The first-order valence-corrected chi connectivity index (χ1v) is 4.86. The zero-order valence-electron chi connectivity index (χ0n) is 9.83. The minimum atomic E-state index is -1.09. The van der Waals surface area contributed by atoms with Gasteiger partial charge in [0.15, 0.2) is 5.75 Å². The number of hydrogen-bond acceptors (Lipinski definition) is 6. The molecule has 1 rings (SSSR count). The summed E-state index contributed by atoms with van der Waals surface area (Å²) >= 11 is 0. The second-order valence-electron chi connectivity index (χ2n) is 3.51. The van der Waals surface area contributed by atoms with Crippen LogP contribution in [0.5, 0.6) is 5.75 Å². The van der Waals surface area contributed by atoms with Crippen LogP contribution in [0.25, 0.3) is 0 Å². The third-order valence-electron chi connectivity index (χ3n) is 2.29. The summed E-state index contributed by atoms with van der Waals surface area (Å²) in [6.45, 7) is 0. The van der Waals surface area contributed by atoms with Crippen molar-refractivity contribution in [1.29, 1.82) is 0 Å². The lowest BCUT2D eigenvalue weighted by Gasteiger charge is -2.12. The van der Waals surface area contributed by atoms with Crippen molar-refractivity contribution in [2.45, 2.75) is 12.5 Å². The molecule has 1 aromatic rings. The molecule has 1 aromatic carbocycles. The molecule has 0 radical (unpaired) electrons. The van der Waals surface area contributed by atoms with Crippen LogP contribution < -0.4 is 5.73 Å². The summed E-state index contributed by atoms with van der Waals surface area (Å²) in [7, 11) is 1.14. The number of benzene rings is 1. The number of nitrogens with zero attached hydrogens (tertiary/aromatic N) is 1. The van der Waals surface area contributed by atoms with Gasteiger partial charge in [-0.3, -0.25) is 14.9 Å². The third kappa shape index (κ3) is 4.04. The lowest BCUT2D eigenvalue weighted by molar-refractivity contribution is -0.386. The first-order chi connectivity index (χ1) is 8.36. The molecule has 9 heteroatoms. The fourth-order valence-corrected chi connectivity index (χ4v) is 1.40. The van der Waals surface area contributed by atoms with Gasteiger partial charge >= 0.3 is 11.7 Å². The van der Waals surface area contributed by atoms with Crippen LogP contribution in [0.15, 0.2) is 12.1 Å². The molecule has 106 valence electrons. The molecule has 19 heavy (non-hydrogen) atoms. The highest BCUT2D eigenvalue weighted by molar-refractivity contribution is 5.85. The fraction of sp³-hybridized carbons (Fsp3) is 0.300. The Morgan fingerprint density at radius 2 is 2.21 bits per heavy atom. The van der Waals surface area contributed by atoms with Crippen molar-refractivity contribution in [2.75, 3.05) is 7.11 Å². The topological polar surface area (TPSA) is 116 Å². The van der Waals surface area contributed by atoms with Crippen LogP contribution in [-0.4, -0.2) is 23.1 Å². The molecule has 0 heterocycles. The van der Waals surface area contributed by atoms with Crippen LogP contribution in [0, 0.1) is 15.9 Å². The molecule has 0 aliphatic rings. The van der Waals surface area contributed by atoms with Crippen molar-refractivity contribution >= 4 is 24.1 Å². The Morgan fingerprint density at radius 1 is 1.63 bits per heavy atom. The summed E-state index contributed by atoms with van der Waals surface area (Å²) in [6, 6.07) is 0.325. The van der Waals surface area contributed by atoms with Gasteiger partial charge in [-0.15, -0.1) is 12.4 Å². The molecule has 7 nitrogen and oxygen atoms in total. The highest BCUT2D eigenvalue weighted by Crippen LogP contribution is 2.34. The Bertz CT molecular complexity index is 497. The second-order valence-corrected chi connectivity index (χ2v) is 3.51. The van der Waals surface area contributed by atoms with Gasteiger partial charge in [-0.1, -0.05) is 0 Å². The Morgan fingerprint density at radius 3 is 2.68 bits per heavy atom. The normalized spacial score (nSPS) is 11.3. The van der Waals surface area contributed by atoms with Crippen molar-refractivity contribution in [3.05, 3.63) is 33.6 Å². The minimum Gasteiger partial charge on any atom is -0.502 e. The highest BCUT2D eigenvalue weighted by atomic mass is 35.5. The smallest absolute Gasteiger partial charge is 0.313 e. The molecule has 0 aliphatic heterocycles. The van der Waals surface area contributed by atoms with E-state index >= 15 is 0 Å². The van der Waals surface area contributed by atoms with E-state index in [1.807, 2.05) is 0 Å². The van der Waals surface area contributed by atoms with Crippen molar-refractivity contribution in [3.8, 4) is 5.75 Å². The van der Waals surface area contributed by atoms with Crippen LogP contribution in [0.1, 0.15) is 18.0 Å². The lowest BCUT2D eigenvalue weighted by Crippen LogP contribution is -2.17. The molecule has 0 saturated carbocycles. The van der Waals surface area contributed by atoms with E-state index in [1.54, 1.807) is 0 Å². The standard InChI is InChI=1S/C10H11FN2O5.ClH/c1-18-9(14)4-7(12)6-2-5(11)3-8(10(6)15)13(16)17;/h2-3,7,15H,4,12H2,1H3;1H/t7-;/m1./s1. The van der Waals surface area contributed by atoms with Gasteiger partial charge in [0.1, 0.15) is 5.82 Å². The average Bonchev–Trinajstić information content (AvgIpc) is 2.30. The maximum atomic E-state index is 13.2. The maximum absolute atomic E-state index is 13.2. The first-order valence-electron chi connectivity index (χ1n) is 4.86. The van der Waals surface area contributed by atoms with E-state index in [4.69, 9.17) is 5.73 Å². The molecule has 3 N–H and O–H groups in total. The lowest BCUT2D eigenvalue weighted by atomic mass is 10.0. The van der Waals surface area contributed by atoms with E-state index in [2.05, 4.69) is 4.74 Å². The molecular weight excluding hydrogens is 283 g/mol. The molecule has 0 aromatic heterocycles. The Balaban J connectivity index is 0.00000324. The molecular formula is C10H12ClFN2O5. The molecule has 0 spiro atoms. The van der Waals surface area contributed by atoms with Gasteiger partial charge in [0.2, 0.25) is 0 Å². The van der Waals surface area contributed by atoms with Crippen molar-refractivity contribution < 1.29 is 24.0 Å². The van der Waals surface area contributed by atoms with Crippen LogP contribution >= 0.6 is 12.4 Å². The summed E-state index contributed by atoms with van der Waals surface area (Å²) in [5.74, 6) is -2.35. The molecule has 0 fully saturated rings. The van der Waals surface area contributed by atoms with Crippen LogP contribution in [0.3, 0.4) is 0 Å². The number of carbonyl (C=O) groups excluding carboxylic acids is 1. The van der Waals surface area contributed by atoms with Crippen LogP contribution in [0.4, 0.5) is 10.1 Å². The Hall–Kier alpha value is -1.93. The Labute approximate surface area is 113 Å².